The molecule has 0 heterocycles. The van der Waals surface area contributed by atoms with Gasteiger partial charge in [0.25, 0.3) is 0 Å². The zero-order valence-corrected chi connectivity index (χ0v) is 28.1. The third kappa shape index (κ3) is 5.70. The average molecular weight is 640 g/mol. The normalized spacial score (nSPS) is 12.0. The quantitative estimate of drug-likeness (QED) is 0.118. The van der Waals surface area contributed by atoms with Crippen LogP contribution in [0.1, 0.15) is 12.5 Å². The van der Waals surface area contributed by atoms with Crippen molar-refractivity contribution in [1.82, 2.24) is 0 Å². The zero-order valence-electron chi connectivity index (χ0n) is 28.1. The first kappa shape index (κ1) is 30.9. The number of hydrogen-bond acceptors (Lipinski definition) is 1. The summed E-state index contributed by atoms with van der Waals surface area (Å²) in [5.74, 6) is 0. The molecule has 0 saturated heterocycles. The second-order valence-corrected chi connectivity index (χ2v) is 12.6. The fourth-order valence-corrected chi connectivity index (χ4v) is 7.28. The summed E-state index contributed by atoms with van der Waals surface area (Å²) >= 11 is 0. The van der Waals surface area contributed by atoms with Crippen LogP contribution in [0.15, 0.2) is 206 Å². The van der Waals surface area contributed by atoms with Gasteiger partial charge in [0.2, 0.25) is 0 Å². The van der Waals surface area contributed by atoms with Gasteiger partial charge in [0, 0.05) is 17.1 Å². The standard InChI is InChI=1S/C49H37N/c1-3-36(48-46-26-14-12-24-44(46)45-25-13-15-27-47(45)49(48)39-18-6-4-7-19-39)30-29-35(2)50(40-21-8-5-9-22-40)41-33-31-38(32-34-41)43-28-16-20-37-17-10-11-23-42(37)43/h3-34H,1H2,2H3/b35-29+,36-30+. The summed E-state index contributed by atoms with van der Waals surface area (Å²) in [6, 6.07) is 62.8. The number of allylic oxidation sites excluding steroid dienone is 5. The molecule has 0 atom stereocenters. The average Bonchev–Trinajstić information content (AvgIpc) is 3.19. The van der Waals surface area contributed by atoms with Crippen molar-refractivity contribution in [1.29, 1.82) is 0 Å². The highest BCUT2D eigenvalue weighted by Crippen LogP contribution is 2.43. The van der Waals surface area contributed by atoms with Gasteiger partial charge in [0.15, 0.2) is 0 Å². The molecule has 0 N–H and O–H groups in total. The van der Waals surface area contributed by atoms with Crippen LogP contribution in [0.2, 0.25) is 0 Å². The van der Waals surface area contributed by atoms with Crippen molar-refractivity contribution in [3.8, 4) is 22.3 Å². The molecule has 8 aromatic rings. The van der Waals surface area contributed by atoms with Gasteiger partial charge in [-0.2, -0.15) is 0 Å². The minimum atomic E-state index is 1.07. The summed E-state index contributed by atoms with van der Waals surface area (Å²) in [6.07, 6.45) is 6.45. The second-order valence-electron chi connectivity index (χ2n) is 12.6. The second kappa shape index (κ2) is 13.6. The molecule has 0 aliphatic rings. The maximum atomic E-state index is 4.35. The van der Waals surface area contributed by atoms with Gasteiger partial charge in [-0.05, 0) is 103 Å². The Morgan fingerprint density at radius 2 is 1.00 bits per heavy atom. The number of rotatable bonds is 8. The molecule has 1 nitrogen and oxygen atoms in total. The summed E-state index contributed by atoms with van der Waals surface area (Å²) < 4.78 is 0. The van der Waals surface area contributed by atoms with Gasteiger partial charge in [0.05, 0.1) is 0 Å². The van der Waals surface area contributed by atoms with E-state index in [4.69, 9.17) is 0 Å². The van der Waals surface area contributed by atoms with E-state index in [0.717, 1.165) is 22.6 Å². The third-order valence-corrected chi connectivity index (χ3v) is 9.60. The van der Waals surface area contributed by atoms with Crippen LogP contribution in [-0.2, 0) is 0 Å². The van der Waals surface area contributed by atoms with Crippen LogP contribution in [0.4, 0.5) is 11.4 Å². The lowest BCUT2D eigenvalue weighted by molar-refractivity contribution is 1.16. The molecular weight excluding hydrogens is 603 g/mol. The molecule has 238 valence electrons. The number of nitrogens with zero attached hydrogens (tertiary/aromatic N) is 1. The predicted molar refractivity (Wildman–Crippen MR) is 217 cm³/mol. The Hall–Kier alpha value is -6.44. The molecule has 0 amide bonds. The largest absolute Gasteiger partial charge is 0.315 e. The zero-order chi connectivity index (χ0) is 33.9. The van der Waals surface area contributed by atoms with Crippen LogP contribution < -0.4 is 4.90 Å². The van der Waals surface area contributed by atoms with Gasteiger partial charge < -0.3 is 4.90 Å². The first-order chi connectivity index (χ1) is 24.7. The summed E-state index contributed by atoms with van der Waals surface area (Å²) in [5.41, 5.74) is 10.4. The molecule has 0 aliphatic heterocycles. The SMILES string of the molecule is C=C/C(=C\C=C(/C)N(c1ccccc1)c1ccc(-c2cccc3ccccc23)cc1)c1c(-c2ccccc2)c2ccccc2c2ccccc12. The van der Waals surface area contributed by atoms with E-state index < -0.39 is 0 Å². The van der Waals surface area contributed by atoms with Crippen LogP contribution >= 0.6 is 0 Å². The minimum absolute atomic E-state index is 1.07. The molecule has 0 aromatic heterocycles. The third-order valence-electron chi connectivity index (χ3n) is 9.60. The summed E-state index contributed by atoms with van der Waals surface area (Å²) in [5, 5.41) is 7.45. The van der Waals surface area contributed by atoms with Gasteiger partial charge >= 0.3 is 0 Å². The van der Waals surface area contributed by atoms with Gasteiger partial charge in [-0.25, -0.2) is 0 Å². The first-order valence-electron chi connectivity index (χ1n) is 17.1. The van der Waals surface area contributed by atoms with Crippen molar-refractivity contribution in [3.63, 3.8) is 0 Å². The molecule has 8 rings (SSSR count). The Balaban J connectivity index is 1.27. The number of anilines is 2. The molecule has 0 aliphatic carbocycles. The highest BCUT2D eigenvalue weighted by atomic mass is 15.1. The van der Waals surface area contributed by atoms with Crippen LogP contribution in [0, 0.1) is 0 Å². The van der Waals surface area contributed by atoms with E-state index in [1.807, 2.05) is 6.08 Å². The molecule has 0 saturated carbocycles. The molecule has 0 fully saturated rings. The molecule has 50 heavy (non-hydrogen) atoms. The number of hydrogen-bond donors (Lipinski definition) is 0. The van der Waals surface area contributed by atoms with Crippen molar-refractivity contribution in [2.45, 2.75) is 6.92 Å². The van der Waals surface area contributed by atoms with Crippen LogP contribution in [-0.4, -0.2) is 0 Å². The molecular formula is C49H37N. The highest BCUT2D eigenvalue weighted by Gasteiger charge is 2.18. The number of fused-ring (bicyclic) bond motifs is 4. The van der Waals surface area contributed by atoms with E-state index in [1.54, 1.807) is 0 Å². The van der Waals surface area contributed by atoms with Gasteiger partial charge in [-0.3, -0.25) is 0 Å². The summed E-state index contributed by atoms with van der Waals surface area (Å²) in [7, 11) is 0. The fraction of sp³-hybridized carbons (Fsp3) is 0.0204. The lowest BCUT2D eigenvalue weighted by Gasteiger charge is -2.26. The Labute approximate surface area is 294 Å². The Morgan fingerprint density at radius 1 is 0.460 bits per heavy atom. The molecule has 0 radical (unpaired) electrons. The molecule has 0 spiro atoms. The molecule has 0 unspecified atom stereocenters. The summed E-state index contributed by atoms with van der Waals surface area (Å²) in [6.45, 7) is 6.53. The lowest BCUT2D eigenvalue weighted by Crippen LogP contribution is -2.14. The van der Waals surface area contributed by atoms with Crippen molar-refractivity contribution < 1.29 is 0 Å². The molecule has 0 bridgehead atoms. The van der Waals surface area contributed by atoms with Crippen molar-refractivity contribution in [2.24, 2.45) is 0 Å². The minimum Gasteiger partial charge on any atom is -0.315 e. The maximum absolute atomic E-state index is 4.35. The number of para-hydroxylation sites is 1. The molecule has 1 heteroatoms. The molecule has 8 aromatic carbocycles. The van der Waals surface area contributed by atoms with E-state index in [-0.39, 0.29) is 0 Å². The maximum Gasteiger partial charge on any atom is 0.0458 e. The Bertz CT molecular complexity index is 2530. The Morgan fingerprint density at radius 3 is 1.70 bits per heavy atom. The van der Waals surface area contributed by atoms with Crippen LogP contribution in [0.25, 0.3) is 60.1 Å². The summed E-state index contributed by atoms with van der Waals surface area (Å²) in [4.78, 5) is 2.32. The predicted octanol–water partition coefficient (Wildman–Crippen LogP) is 13.8. The first-order valence-corrected chi connectivity index (χ1v) is 17.1. The van der Waals surface area contributed by atoms with E-state index >= 15 is 0 Å². The topological polar surface area (TPSA) is 3.24 Å². The van der Waals surface area contributed by atoms with Crippen molar-refractivity contribution >= 4 is 49.3 Å². The van der Waals surface area contributed by atoms with Crippen molar-refractivity contribution in [2.75, 3.05) is 4.90 Å². The van der Waals surface area contributed by atoms with Crippen molar-refractivity contribution in [3.05, 3.63) is 212 Å². The van der Waals surface area contributed by atoms with Gasteiger partial charge in [0.1, 0.15) is 0 Å². The van der Waals surface area contributed by atoms with Crippen LogP contribution in [0.5, 0.6) is 0 Å². The Kier molecular flexibility index (Phi) is 8.39. The fourth-order valence-electron chi connectivity index (χ4n) is 7.28. The van der Waals surface area contributed by atoms with E-state index in [1.165, 1.54) is 60.1 Å². The number of benzene rings is 8. The van der Waals surface area contributed by atoms with E-state index in [2.05, 4.69) is 206 Å². The van der Waals surface area contributed by atoms with Gasteiger partial charge in [-0.1, -0.05) is 170 Å². The smallest absolute Gasteiger partial charge is 0.0458 e. The van der Waals surface area contributed by atoms with E-state index in [9.17, 15) is 0 Å². The van der Waals surface area contributed by atoms with Gasteiger partial charge in [-0.15, -0.1) is 0 Å². The van der Waals surface area contributed by atoms with E-state index in [0.29, 0.717) is 0 Å². The lowest BCUT2D eigenvalue weighted by atomic mass is 9.84. The van der Waals surface area contributed by atoms with Crippen LogP contribution in [0.3, 0.4) is 0 Å². The monoisotopic (exact) mass is 639 g/mol. The highest BCUT2D eigenvalue weighted by molar-refractivity contribution is 6.19.